The van der Waals surface area contributed by atoms with Crippen molar-refractivity contribution in [3.63, 3.8) is 0 Å². The van der Waals surface area contributed by atoms with Crippen LogP contribution in [0.3, 0.4) is 0 Å². The van der Waals surface area contributed by atoms with Gasteiger partial charge in [-0.3, -0.25) is 9.89 Å². The maximum absolute atomic E-state index is 5.14. The number of methoxy groups -OCH3 is 1. The van der Waals surface area contributed by atoms with Crippen LogP contribution in [0.2, 0.25) is 0 Å². The highest BCUT2D eigenvalue weighted by molar-refractivity contribution is 14.0. The lowest BCUT2D eigenvalue weighted by Gasteiger charge is -2.30. The second-order valence-corrected chi connectivity index (χ2v) is 6.88. The first kappa shape index (κ1) is 25.1. The second kappa shape index (κ2) is 14.2. The number of hydrogen-bond acceptors (Lipinski definition) is 3. The minimum atomic E-state index is 0. The van der Waals surface area contributed by atoms with Crippen LogP contribution in [0.1, 0.15) is 45.2 Å². The van der Waals surface area contributed by atoms with Gasteiger partial charge >= 0.3 is 0 Å². The number of hydrogen-bond donors (Lipinski definition) is 2. The monoisotopic (exact) mass is 476 g/mol. The smallest absolute Gasteiger partial charge is 0.191 e. The highest BCUT2D eigenvalue weighted by atomic mass is 127. The van der Waals surface area contributed by atoms with Crippen LogP contribution in [0.15, 0.2) is 29.3 Å². The summed E-state index contributed by atoms with van der Waals surface area (Å²) in [5.74, 6) is 0.849. The van der Waals surface area contributed by atoms with Crippen LogP contribution in [-0.2, 0) is 17.9 Å². The van der Waals surface area contributed by atoms with E-state index in [0.29, 0.717) is 18.7 Å². The minimum absolute atomic E-state index is 0. The summed E-state index contributed by atoms with van der Waals surface area (Å²) in [6.45, 7) is 12.5. The van der Waals surface area contributed by atoms with Crippen molar-refractivity contribution in [3.8, 4) is 0 Å². The molecule has 150 valence electrons. The zero-order valence-corrected chi connectivity index (χ0v) is 19.5. The molecule has 1 aromatic carbocycles. The van der Waals surface area contributed by atoms with E-state index in [-0.39, 0.29) is 24.0 Å². The van der Waals surface area contributed by atoms with Gasteiger partial charge in [0.05, 0.1) is 6.61 Å². The van der Waals surface area contributed by atoms with E-state index in [4.69, 9.17) is 4.74 Å². The third kappa shape index (κ3) is 9.73. The normalized spacial score (nSPS) is 11.8. The number of rotatable bonds is 10. The number of nitrogens with zero attached hydrogens (tertiary/aromatic N) is 2. The molecule has 0 aliphatic heterocycles. The molecule has 6 heteroatoms. The molecule has 1 aromatic rings. The number of ether oxygens (including phenoxy) is 1. The summed E-state index contributed by atoms with van der Waals surface area (Å²) >= 11 is 0. The molecule has 0 unspecified atom stereocenters. The highest BCUT2D eigenvalue weighted by Gasteiger charge is 2.12. The van der Waals surface area contributed by atoms with Gasteiger partial charge in [0.15, 0.2) is 5.96 Å². The molecule has 0 radical (unpaired) electrons. The number of aliphatic imine (C=N–C) groups is 1. The van der Waals surface area contributed by atoms with Crippen LogP contribution in [-0.4, -0.2) is 50.2 Å². The first-order valence-electron chi connectivity index (χ1n) is 9.25. The molecule has 0 bridgehead atoms. The first-order valence-corrected chi connectivity index (χ1v) is 9.25. The van der Waals surface area contributed by atoms with Crippen molar-refractivity contribution in [1.82, 2.24) is 15.5 Å². The summed E-state index contributed by atoms with van der Waals surface area (Å²) < 4.78 is 5.14. The average molecular weight is 476 g/mol. The quantitative estimate of drug-likeness (QED) is 0.235. The van der Waals surface area contributed by atoms with Gasteiger partial charge in [-0.2, -0.15) is 0 Å². The van der Waals surface area contributed by atoms with E-state index in [9.17, 15) is 0 Å². The van der Waals surface area contributed by atoms with Crippen molar-refractivity contribution in [2.45, 2.75) is 59.4 Å². The van der Waals surface area contributed by atoms with Crippen LogP contribution in [0, 0.1) is 0 Å². The summed E-state index contributed by atoms with van der Waals surface area (Å²) in [5, 5.41) is 6.76. The molecule has 0 aliphatic rings. The first-order chi connectivity index (χ1) is 12.0. The van der Waals surface area contributed by atoms with E-state index in [1.54, 1.807) is 7.11 Å². The molecular formula is C20H37IN4O. The molecule has 26 heavy (non-hydrogen) atoms. The fraction of sp³-hybridized carbons (Fsp3) is 0.650. The predicted octanol–water partition coefficient (Wildman–Crippen LogP) is 3.62. The van der Waals surface area contributed by atoms with E-state index in [1.165, 1.54) is 11.1 Å². The van der Waals surface area contributed by atoms with Gasteiger partial charge in [-0.25, -0.2) is 0 Å². The zero-order valence-electron chi connectivity index (χ0n) is 17.2. The standard InChI is InChI=1S/C20H36N4O.HI/c1-16(2)24(17(3)4)13-7-12-22-20(21-5)23-14-18-8-10-19(11-9-18)15-25-6;/h8-11,16-17H,7,12-15H2,1-6H3,(H2,21,22,23);1H. The number of halogens is 1. The third-order valence-electron chi connectivity index (χ3n) is 4.23. The van der Waals surface area contributed by atoms with E-state index in [0.717, 1.165) is 32.0 Å². The Morgan fingerprint density at radius 3 is 2.12 bits per heavy atom. The molecule has 0 saturated carbocycles. The molecule has 0 aliphatic carbocycles. The van der Waals surface area contributed by atoms with Gasteiger partial charge < -0.3 is 15.4 Å². The summed E-state index contributed by atoms with van der Waals surface area (Å²) in [6.07, 6.45) is 1.10. The third-order valence-corrected chi connectivity index (χ3v) is 4.23. The molecule has 0 fully saturated rings. The molecule has 0 atom stereocenters. The minimum Gasteiger partial charge on any atom is -0.380 e. The van der Waals surface area contributed by atoms with Crippen molar-refractivity contribution in [3.05, 3.63) is 35.4 Å². The van der Waals surface area contributed by atoms with Crippen molar-refractivity contribution >= 4 is 29.9 Å². The fourth-order valence-electron chi connectivity index (χ4n) is 2.91. The predicted molar refractivity (Wildman–Crippen MR) is 122 cm³/mol. The largest absolute Gasteiger partial charge is 0.380 e. The summed E-state index contributed by atoms with van der Waals surface area (Å²) in [6, 6.07) is 9.61. The van der Waals surface area contributed by atoms with Crippen molar-refractivity contribution in [1.29, 1.82) is 0 Å². The van der Waals surface area contributed by atoms with Crippen LogP contribution < -0.4 is 10.6 Å². The molecule has 0 heterocycles. The lowest BCUT2D eigenvalue weighted by molar-refractivity contribution is 0.173. The zero-order chi connectivity index (χ0) is 18.7. The van der Waals surface area contributed by atoms with Gasteiger partial charge in [-0.1, -0.05) is 24.3 Å². The van der Waals surface area contributed by atoms with Crippen LogP contribution in [0.5, 0.6) is 0 Å². The molecule has 1 rings (SSSR count). The van der Waals surface area contributed by atoms with Crippen LogP contribution in [0.25, 0.3) is 0 Å². The molecule has 0 amide bonds. The maximum Gasteiger partial charge on any atom is 0.191 e. The lowest BCUT2D eigenvalue weighted by atomic mass is 10.1. The molecule has 0 aromatic heterocycles. The van der Waals surface area contributed by atoms with Gasteiger partial charge in [0.1, 0.15) is 0 Å². The van der Waals surface area contributed by atoms with Crippen molar-refractivity contribution in [2.24, 2.45) is 4.99 Å². The Kier molecular flexibility index (Phi) is 13.8. The van der Waals surface area contributed by atoms with E-state index < -0.39 is 0 Å². The van der Waals surface area contributed by atoms with Crippen molar-refractivity contribution in [2.75, 3.05) is 27.2 Å². The van der Waals surface area contributed by atoms with Gasteiger partial charge in [0.2, 0.25) is 0 Å². The number of guanidine groups is 1. The summed E-state index contributed by atoms with van der Waals surface area (Å²) in [7, 11) is 3.53. The van der Waals surface area contributed by atoms with Gasteiger partial charge in [0, 0.05) is 45.9 Å². The lowest BCUT2D eigenvalue weighted by Crippen LogP contribution is -2.41. The second-order valence-electron chi connectivity index (χ2n) is 6.88. The average Bonchev–Trinajstić information content (AvgIpc) is 2.58. The Labute approximate surface area is 177 Å². The Balaban J connectivity index is 0.00000625. The maximum atomic E-state index is 5.14. The fourth-order valence-corrected chi connectivity index (χ4v) is 2.91. The topological polar surface area (TPSA) is 48.9 Å². The molecule has 2 N–H and O–H groups in total. The molecule has 0 spiro atoms. The van der Waals surface area contributed by atoms with Gasteiger partial charge in [-0.05, 0) is 45.2 Å². The SMILES string of the molecule is CN=C(NCCCN(C(C)C)C(C)C)NCc1ccc(COC)cc1.I. The molecular weight excluding hydrogens is 439 g/mol. The Morgan fingerprint density at radius 1 is 1.04 bits per heavy atom. The summed E-state index contributed by atoms with van der Waals surface area (Å²) in [4.78, 5) is 6.81. The molecule has 0 saturated heterocycles. The van der Waals surface area contributed by atoms with Crippen molar-refractivity contribution < 1.29 is 4.74 Å². The number of nitrogens with one attached hydrogen (secondary N) is 2. The Morgan fingerprint density at radius 2 is 1.62 bits per heavy atom. The van der Waals surface area contributed by atoms with Gasteiger partial charge in [-0.15, -0.1) is 24.0 Å². The van der Waals surface area contributed by atoms with Gasteiger partial charge in [0.25, 0.3) is 0 Å². The van der Waals surface area contributed by atoms with Crippen LogP contribution >= 0.6 is 24.0 Å². The molecule has 5 nitrogen and oxygen atoms in total. The Bertz CT molecular complexity index is 495. The van der Waals surface area contributed by atoms with E-state index >= 15 is 0 Å². The Hall–Kier alpha value is -0.860. The van der Waals surface area contributed by atoms with E-state index in [2.05, 4.69) is 72.5 Å². The van der Waals surface area contributed by atoms with E-state index in [1.807, 2.05) is 7.05 Å². The van der Waals surface area contributed by atoms with Crippen LogP contribution in [0.4, 0.5) is 0 Å². The summed E-state index contributed by atoms with van der Waals surface area (Å²) in [5.41, 5.74) is 2.42. The number of benzene rings is 1. The highest BCUT2D eigenvalue weighted by Crippen LogP contribution is 2.06.